The Hall–Kier alpha value is -2.06. The molecule has 0 unspecified atom stereocenters. The molecule has 1 aromatic heterocycles. The van der Waals surface area contributed by atoms with E-state index < -0.39 is 0 Å². The van der Waals surface area contributed by atoms with Crippen LogP contribution in [0.5, 0.6) is 0 Å². The number of para-hydroxylation sites is 1. The Morgan fingerprint density at radius 2 is 1.82 bits per heavy atom. The maximum atomic E-state index is 4.33. The van der Waals surface area contributed by atoms with Gasteiger partial charge in [-0.3, -0.25) is 4.99 Å². The number of H-pyrrole nitrogens is 1. The highest BCUT2D eigenvalue weighted by atomic mass is 127. The highest BCUT2D eigenvalue weighted by Crippen LogP contribution is 2.17. The smallest absolute Gasteiger partial charge is 0.191 e. The lowest BCUT2D eigenvalue weighted by Gasteiger charge is -2.13. The van der Waals surface area contributed by atoms with E-state index in [2.05, 4.69) is 94.3 Å². The number of nitrogens with zero attached hydrogens (tertiary/aromatic N) is 2. The first-order chi connectivity index (χ1) is 13.2. The second-order valence-corrected chi connectivity index (χ2v) is 7.02. The average molecular weight is 491 g/mol. The van der Waals surface area contributed by atoms with Crippen molar-refractivity contribution >= 4 is 40.8 Å². The minimum absolute atomic E-state index is 0. The second kappa shape index (κ2) is 11.1. The van der Waals surface area contributed by atoms with Crippen molar-refractivity contribution in [2.24, 2.45) is 4.99 Å². The zero-order chi connectivity index (χ0) is 19.1. The van der Waals surface area contributed by atoms with Crippen molar-refractivity contribution in [3.05, 3.63) is 71.4 Å². The molecule has 0 saturated carbocycles. The number of halogens is 1. The lowest BCUT2D eigenvalue weighted by atomic mass is 10.1. The number of guanidine groups is 1. The number of fused-ring (bicyclic) bond motifs is 1. The SMILES string of the molecule is CN=C(NCCc1c[nH]c2ccccc12)NCc1cccc(CN(C)C)c1.I. The monoisotopic (exact) mass is 491 g/mol. The van der Waals surface area contributed by atoms with Crippen LogP contribution in [0.4, 0.5) is 0 Å². The van der Waals surface area contributed by atoms with Crippen LogP contribution in [0.2, 0.25) is 0 Å². The number of hydrogen-bond acceptors (Lipinski definition) is 2. The molecular weight excluding hydrogens is 461 g/mol. The van der Waals surface area contributed by atoms with Crippen LogP contribution in [-0.2, 0) is 19.5 Å². The summed E-state index contributed by atoms with van der Waals surface area (Å²) in [5.41, 5.74) is 5.09. The Balaban J connectivity index is 0.00000280. The topological polar surface area (TPSA) is 55.5 Å². The summed E-state index contributed by atoms with van der Waals surface area (Å²) in [6.45, 7) is 2.54. The zero-order valence-corrected chi connectivity index (χ0v) is 19.2. The number of hydrogen-bond donors (Lipinski definition) is 3. The molecule has 28 heavy (non-hydrogen) atoms. The van der Waals surface area contributed by atoms with Gasteiger partial charge in [0.15, 0.2) is 5.96 Å². The standard InChI is InChI=1S/C22H29N5.HI/c1-23-22(26-14-17-7-6-8-18(13-17)16-27(2)3)24-12-11-19-15-25-21-10-5-4-9-20(19)21;/h4-10,13,15,25H,11-12,14,16H2,1-3H3,(H2,23,24,26);1H. The summed E-state index contributed by atoms with van der Waals surface area (Å²) in [6, 6.07) is 17.1. The fraction of sp³-hybridized carbons (Fsp3) is 0.318. The van der Waals surface area contributed by atoms with Crippen molar-refractivity contribution in [2.45, 2.75) is 19.5 Å². The Labute approximate surface area is 184 Å². The molecule has 0 atom stereocenters. The van der Waals surface area contributed by atoms with Crippen LogP contribution in [0.3, 0.4) is 0 Å². The summed E-state index contributed by atoms with van der Waals surface area (Å²) in [7, 11) is 5.98. The molecule has 0 amide bonds. The highest BCUT2D eigenvalue weighted by Gasteiger charge is 2.04. The molecule has 5 nitrogen and oxygen atoms in total. The summed E-state index contributed by atoms with van der Waals surface area (Å²) in [6.07, 6.45) is 3.04. The molecule has 0 fully saturated rings. The van der Waals surface area contributed by atoms with E-state index in [1.54, 1.807) is 0 Å². The largest absolute Gasteiger partial charge is 0.361 e. The molecule has 0 radical (unpaired) electrons. The second-order valence-electron chi connectivity index (χ2n) is 7.02. The lowest BCUT2D eigenvalue weighted by Crippen LogP contribution is -2.37. The molecule has 1 heterocycles. The maximum absolute atomic E-state index is 4.33. The predicted octanol–water partition coefficient (Wildman–Crippen LogP) is 3.76. The van der Waals surface area contributed by atoms with Gasteiger partial charge in [-0.1, -0.05) is 42.5 Å². The van der Waals surface area contributed by atoms with Crippen molar-refractivity contribution in [3.63, 3.8) is 0 Å². The van der Waals surface area contributed by atoms with Gasteiger partial charge in [0.1, 0.15) is 0 Å². The molecule has 150 valence electrons. The van der Waals surface area contributed by atoms with E-state index in [0.717, 1.165) is 32.0 Å². The maximum Gasteiger partial charge on any atom is 0.191 e. The van der Waals surface area contributed by atoms with Crippen molar-refractivity contribution in [1.82, 2.24) is 20.5 Å². The number of rotatable bonds is 7. The van der Waals surface area contributed by atoms with E-state index in [4.69, 9.17) is 0 Å². The van der Waals surface area contributed by atoms with Crippen LogP contribution in [-0.4, -0.2) is 43.5 Å². The first-order valence-electron chi connectivity index (χ1n) is 9.38. The van der Waals surface area contributed by atoms with E-state index in [-0.39, 0.29) is 24.0 Å². The normalized spacial score (nSPS) is 11.5. The highest BCUT2D eigenvalue weighted by molar-refractivity contribution is 14.0. The third-order valence-corrected chi connectivity index (χ3v) is 4.54. The van der Waals surface area contributed by atoms with Crippen LogP contribution in [0.15, 0.2) is 59.7 Å². The number of aliphatic imine (C=N–C) groups is 1. The molecule has 3 aromatic rings. The Morgan fingerprint density at radius 3 is 2.61 bits per heavy atom. The first kappa shape index (κ1) is 22.2. The fourth-order valence-electron chi connectivity index (χ4n) is 3.26. The molecule has 0 spiro atoms. The Morgan fingerprint density at radius 1 is 1.04 bits per heavy atom. The molecule has 3 N–H and O–H groups in total. The third kappa shape index (κ3) is 6.24. The van der Waals surface area contributed by atoms with Gasteiger partial charge < -0.3 is 20.5 Å². The molecule has 0 aliphatic heterocycles. The lowest BCUT2D eigenvalue weighted by molar-refractivity contribution is 0.402. The molecule has 6 heteroatoms. The van der Waals surface area contributed by atoms with Gasteiger partial charge in [0.2, 0.25) is 0 Å². The van der Waals surface area contributed by atoms with E-state index in [9.17, 15) is 0 Å². The van der Waals surface area contributed by atoms with Crippen molar-refractivity contribution < 1.29 is 0 Å². The van der Waals surface area contributed by atoms with Crippen molar-refractivity contribution in [1.29, 1.82) is 0 Å². The van der Waals surface area contributed by atoms with Crippen LogP contribution in [0.1, 0.15) is 16.7 Å². The summed E-state index contributed by atoms with van der Waals surface area (Å²) < 4.78 is 0. The van der Waals surface area contributed by atoms with E-state index in [1.165, 1.54) is 27.6 Å². The number of nitrogens with one attached hydrogen (secondary N) is 3. The van der Waals surface area contributed by atoms with Gasteiger partial charge in [-0.05, 0) is 43.3 Å². The zero-order valence-electron chi connectivity index (χ0n) is 16.8. The quantitative estimate of drug-likeness (QED) is 0.268. The molecule has 0 bridgehead atoms. The molecule has 0 aliphatic rings. The predicted molar refractivity (Wildman–Crippen MR) is 129 cm³/mol. The summed E-state index contributed by atoms with van der Waals surface area (Å²) >= 11 is 0. The summed E-state index contributed by atoms with van der Waals surface area (Å²) in [4.78, 5) is 9.84. The minimum atomic E-state index is 0. The van der Waals surface area contributed by atoms with Gasteiger partial charge in [-0.15, -0.1) is 24.0 Å². The van der Waals surface area contributed by atoms with Crippen LogP contribution in [0, 0.1) is 0 Å². The van der Waals surface area contributed by atoms with Gasteiger partial charge in [0, 0.05) is 43.8 Å². The molecular formula is C22H30IN5. The number of aromatic amines is 1. The van der Waals surface area contributed by atoms with E-state index >= 15 is 0 Å². The summed E-state index contributed by atoms with van der Waals surface area (Å²) in [5, 5.41) is 8.10. The van der Waals surface area contributed by atoms with Gasteiger partial charge in [-0.2, -0.15) is 0 Å². The van der Waals surface area contributed by atoms with Crippen LogP contribution in [0.25, 0.3) is 10.9 Å². The van der Waals surface area contributed by atoms with Crippen LogP contribution >= 0.6 is 24.0 Å². The molecule has 2 aromatic carbocycles. The summed E-state index contributed by atoms with van der Waals surface area (Å²) in [5.74, 6) is 0.827. The average Bonchev–Trinajstić information content (AvgIpc) is 3.07. The minimum Gasteiger partial charge on any atom is -0.361 e. The van der Waals surface area contributed by atoms with Crippen molar-refractivity contribution in [2.75, 3.05) is 27.7 Å². The van der Waals surface area contributed by atoms with E-state index in [1.807, 2.05) is 7.05 Å². The molecule has 0 saturated heterocycles. The molecule has 0 aliphatic carbocycles. The number of benzene rings is 2. The Bertz CT molecular complexity index is 901. The first-order valence-corrected chi connectivity index (χ1v) is 9.38. The van der Waals surface area contributed by atoms with Crippen LogP contribution < -0.4 is 10.6 Å². The Kier molecular flexibility index (Phi) is 8.79. The van der Waals surface area contributed by atoms with Gasteiger partial charge in [0.25, 0.3) is 0 Å². The molecule has 3 rings (SSSR count). The fourth-order valence-corrected chi connectivity index (χ4v) is 3.26. The van der Waals surface area contributed by atoms with Gasteiger partial charge >= 0.3 is 0 Å². The third-order valence-electron chi connectivity index (χ3n) is 4.54. The van der Waals surface area contributed by atoms with Crippen molar-refractivity contribution in [3.8, 4) is 0 Å². The van der Waals surface area contributed by atoms with Gasteiger partial charge in [0.05, 0.1) is 0 Å². The van der Waals surface area contributed by atoms with Gasteiger partial charge in [-0.25, -0.2) is 0 Å². The van der Waals surface area contributed by atoms with E-state index in [0.29, 0.717) is 0 Å². The number of aromatic nitrogens is 1.